The number of imidazole rings is 1. The number of aromatic nitrogens is 3. The van der Waals surface area contributed by atoms with Gasteiger partial charge in [-0.3, -0.25) is 0 Å². The van der Waals surface area contributed by atoms with E-state index in [1.807, 2.05) is 30.5 Å². The van der Waals surface area contributed by atoms with Gasteiger partial charge in [0.15, 0.2) is 0 Å². The fourth-order valence-corrected chi connectivity index (χ4v) is 4.22. The van der Waals surface area contributed by atoms with Crippen LogP contribution in [0.1, 0.15) is 28.6 Å². The number of H-pyrrole nitrogens is 1. The van der Waals surface area contributed by atoms with Crippen LogP contribution in [0.4, 0.5) is 0 Å². The van der Waals surface area contributed by atoms with E-state index in [2.05, 4.69) is 27.8 Å². The number of aromatic amines is 1. The second-order valence-corrected chi connectivity index (χ2v) is 7.46. The molecule has 1 N–H and O–H groups in total. The second kappa shape index (κ2) is 7.91. The molecule has 31 heavy (non-hydrogen) atoms. The Balaban J connectivity index is 1.58. The molecule has 1 unspecified atom stereocenters. The number of fused-ring (bicyclic) bond motifs is 2. The number of ether oxygens (including phenoxy) is 3. The fraction of sp³-hybridized carbons (Fsp3) is 0.250. The zero-order valence-electron chi connectivity index (χ0n) is 17.4. The van der Waals surface area contributed by atoms with Crippen molar-refractivity contribution in [3.05, 3.63) is 71.2 Å². The fourth-order valence-electron chi connectivity index (χ4n) is 4.22. The molecule has 0 saturated carbocycles. The Bertz CT molecular complexity index is 1300. The van der Waals surface area contributed by atoms with E-state index in [1.165, 1.54) is 0 Å². The van der Waals surface area contributed by atoms with Crippen LogP contribution in [0.25, 0.3) is 22.3 Å². The summed E-state index contributed by atoms with van der Waals surface area (Å²) >= 11 is 0. The highest BCUT2D eigenvalue weighted by molar-refractivity contribution is 5.92. The lowest BCUT2D eigenvalue weighted by molar-refractivity contribution is 0.0413. The molecule has 0 spiro atoms. The summed E-state index contributed by atoms with van der Waals surface area (Å²) in [5.74, 6) is 1.44. The van der Waals surface area contributed by atoms with Gasteiger partial charge in [0.05, 0.1) is 31.6 Å². The molecule has 0 fully saturated rings. The van der Waals surface area contributed by atoms with Crippen LogP contribution in [-0.2, 0) is 22.6 Å². The van der Waals surface area contributed by atoms with Gasteiger partial charge in [-0.25, -0.2) is 4.98 Å². The molecule has 3 heterocycles. The van der Waals surface area contributed by atoms with Crippen LogP contribution >= 0.6 is 0 Å². The lowest BCUT2D eigenvalue weighted by Gasteiger charge is -2.26. The maximum absolute atomic E-state index is 9.36. The lowest BCUT2D eigenvalue weighted by Crippen LogP contribution is -2.23. The number of hydrogen-bond donors (Lipinski definition) is 1. The third-order valence-corrected chi connectivity index (χ3v) is 5.65. The van der Waals surface area contributed by atoms with Crippen molar-refractivity contribution < 1.29 is 14.2 Å². The third kappa shape index (κ3) is 3.26. The van der Waals surface area contributed by atoms with Gasteiger partial charge in [-0.1, -0.05) is 24.3 Å². The molecule has 0 amide bonds. The van der Waals surface area contributed by atoms with Gasteiger partial charge >= 0.3 is 0 Å². The Morgan fingerprint density at radius 3 is 2.94 bits per heavy atom. The molecular formula is C24H22N4O3. The van der Waals surface area contributed by atoms with E-state index in [1.54, 1.807) is 20.3 Å². The maximum atomic E-state index is 9.36. The summed E-state index contributed by atoms with van der Waals surface area (Å²) in [6.45, 7) is 1.88. The van der Waals surface area contributed by atoms with Gasteiger partial charge in [0.25, 0.3) is 0 Å². The van der Waals surface area contributed by atoms with Crippen LogP contribution in [0.2, 0.25) is 0 Å². The van der Waals surface area contributed by atoms with E-state index < -0.39 is 0 Å². The number of benzene rings is 2. The largest absolute Gasteiger partial charge is 0.495 e. The Kier molecular flexibility index (Phi) is 4.94. The minimum Gasteiger partial charge on any atom is -0.495 e. The Hall–Kier alpha value is -3.60. The molecule has 156 valence electrons. The van der Waals surface area contributed by atoms with Crippen molar-refractivity contribution in [3.63, 3.8) is 0 Å². The zero-order chi connectivity index (χ0) is 21.4. The van der Waals surface area contributed by atoms with Gasteiger partial charge < -0.3 is 23.8 Å². The van der Waals surface area contributed by atoms with Crippen molar-refractivity contribution in [2.24, 2.45) is 0 Å². The molecule has 5 rings (SSSR count). The van der Waals surface area contributed by atoms with E-state index in [4.69, 9.17) is 19.2 Å². The summed E-state index contributed by atoms with van der Waals surface area (Å²) in [7, 11) is 3.27. The smallest absolute Gasteiger partial charge is 0.146 e. The molecule has 7 nitrogen and oxygen atoms in total. The van der Waals surface area contributed by atoms with Gasteiger partial charge in [0.1, 0.15) is 29.4 Å². The summed E-state index contributed by atoms with van der Waals surface area (Å²) in [4.78, 5) is 8.34. The van der Waals surface area contributed by atoms with E-state index in [-0.39, 0.29) is 6.10 Å². The first kappa shape index (κ1) is 19.4. The average Bonchev–Trinajstić information content (AvgIpc) is 3.43. The third-order valence-electron chi connectivity index (χ3n) is 5.65. The van der Waals surface area contributed by atoms with Crippen molar-refractivity contribution in [2.75, 3.05) is 20.8 Å². The number of nitrogens with one attached hydrogen (secondary N) is 1. The summed E-state index contributed by atoms with van der Waals surface area (Å²) in [5, 5.41) is 10.2. The number of methoxy groups -OCH3 is 2. The van der Waals surface area contributed by atoms with Gasteiger partial charge in [0.2, 0.25) is 0 Å². The van der Waals surface area contributed by atoms with E-state index in [0.29, 0.717) is 24.5 Å². The molecule has 0 bridgehead atoms. The number of hydrogen-bond acceptors (Lipinski definition) is 5. The quantitative estimate of drug-likeness (QED) is 0.530. The molecule has 1 aliphatic heterocycles. The van der Waals surface area contributed by atoms with Gasteiger partial charge in [-0.2, -0.15) is 5.26 Å². The van der Waals surface area contributed by atoms with E-state index in [0.717, 1.165) is 45.8 Å². The maximum Gasteiger partial charge on any atom is 0.146 e. The van der Waals surface area contributed by atoms with Crippen LogP contribution in [0.3, 0.4) is 0 Å². The summed E-state index contributed by atoms with van der Waals surface area (Å²) in [6.07, 6.45) is 1.80. The molecule has 0 radical (unpaired) electrons. The minimum absolute atomic E-state index is 0.252. The van der Waals surface area contributed by atoms with Crippen molar-refractivity contribution in [1.82, 2.24) is 14.5 Å². The molecule has 1 aliphatic rings. The topological polar surface area (TPSA) is 85.1 Å². The van der Waals surface area contributed by atoms with Crippen LogP contribution in [-0.4, -0.2) is 35.4 Å². The Labute approximate surface area is 179 Å². The summed E-state index contributed by atoms with van der Waals surface area (Å²) in [6, 6.07) is 16.0. The Morgan fingerprint density at radius 2 is 2.13 bits per heavy atom. The van der Waals surface area contributed by atoms with Gasteiger partial charge in [0, 0.05) is 30.8 Å². The molecule has 2 aromatic heterocycles. The zero-order valence-corrected chi connectivity index (χ0v) is 17.4. The molecular weight excluding hydrogens is 392 g/mol. The molecule has 0 aliphatic carbocycles. The van der Waals surface area contributed by atoms with Crippen molar-refractivity contribution >= 4 is 10.9 Å². The van der Waals surface area contributed by atoms with Crippen LogP contribution in [0, 0.1) is 11.3 Å². The van der Waals surface area contributed by atoms with E-state index in [9.17, 15) is 5.26 Å². The first-order valence-electron chi connectivity index (χ1n) is 10.1. The molecule has 4 aromatic rings. The van der Waals surface area contributed by atoms with Gasteiger partial charge in [-0.15, -0.1) is 0 Å². The highest BCUT2D eigenvalue weighted by Crippen LogP contribution is 2.36. The van der Waals surface area contributed by atoms with Crippen LogP contribution in [0.5, 0.6) is 5.75 Å². The predicted octanol–water partition coefficient (Wildman–Crippen LogP) is 4.18. The standard InChI is InChI=1S/C24H22N4O3/c1-29-14-16-5-3-4-6-17(16)23-24-27-21(13-28(24)9-10-31-23)20-11-18-19(26-20)8-7-15(12-25)22(18)30-2/h3-8,11,13,23,26H,9-10,14H2,1-2H3. The lowest BCUT2D eigenvalue weighted by atomic mass is 10.0. The average molecular weight is 414 g/mol. The molecule has 2 aromatic carbocycles. The first-order valence-corrected chi connectivity index (χ1v) is 10.1. The molecule has 7 heteroatoms. The van der Waals surface area contributed by atoms with Crippen molar-refractivity contribution in [3.8, 4) is 23.2 Å². The van der Waals surface area contributed by atoms with Crippen molar-refractivity contribution in [2.45, 2.75) is 19.3 Å². The predicted molar refractivity (Wildman–Crippen MR) is 116 cm³/mol. The number of rotatable bonds is 5. The highest BCUT2D eigenvalue weighted by atomic mass is 16.5. The van der Waals surface area contributed by atoms with Crippen LogP contribution < -0.4 is 4.74 Å². The number of nitrogens with zero attached hydrogens (tertiary/aromatic N) is 3. The normalized spacial score (nSPS) is 15.6. The second-order valence-electron chi connectivity index (χ2n) is 7.46. The van der Waals surface area contributed by atoms with Crippen LogP contribution in [0.15, 0.2) is 48.7 Å². The summed E-state index contributed by atoms with van der Waals surface area (Å²) < 4.78 is 19.2. The Morgan fingerprint density at radius 1 is 1.26 bits per heavy atom. The monoisotopic (exact) mass is 414 g/mol. The first-order chi connectivity index (χ1) is 15.2. The SMILES string of the molecule is COCc1ccccc1C1OCCn2cc(-c3cc4c(OC)c(C#N)ccc4[nH]3)nc21. The molecule has 0 saturated heterocycles. The van der Waals surface area contributed by atoms with Crippen molar-refractivity contribution in [1.29, 1.82) is 5.26 Å². The minimum atomic E-state index is -0.252. The van der Waals surface area contributed by atoms with Gasteiger partial charge in [-0.05, 0) is 29.3 Å². The van der Waals surface area contributed by atoms with E-state index >= 15 is 0 Å². The molecule has 1 atom stereocenters. The highest BCUT2D eigenvalue weighted by Gasteiger charge is 2.28. The summed E-state index contributed by atoms with van der Waals surface area (Å²) in [5.41, 5.74) is 5.26. The number of nitriles is 1.